The summed E-state index contributed by atoms with van der Waals surface area (Å²) in [6.45, 7) is 0. The van der Waals surface area contributed by atoms with Crippen molar-refractivity contribution in [1.82, 2.24) is 5.32 Å². The molecule has 0 aliphatic heterocycles. The number of hydrogen-bond donors (Lipinski definition) is 2. The van der Waals surface area contributed by atoms with Crippen LogP contribution in [0.15, 0.2) is 24.3 Å². The zero-order valence-electron chi connectivity index (χ0n) is 11.6. The van der Waals surface area contributed by atoms with Crippen LogP contribution in [0.25, 0.3) is 0 Å². The SMILES string of the molecule is COc1ccc(C(=O)NC2(C(N)=S)CCCCC2)cc1. The average molecular weight is 292 g/mol. The lowest BCUT2D eigenvalue weighted by Crippen LogP contribution is -2.57. The highest BCUT2D eigenvalue weighted by molar-refractivity contribution is 7.80. The maximum atomic E-state index is 12.4. The Morgan fingerprint density at radius 2 is 1.85 bits per heavy atom. The van der Waals surface area contributed by atoms with Crippen molar-refractivity contribution in [2.75, 3.05) is 7.11 Å². The lowest BCUT2D eigenvalue weighted by Gasteiger charge is -2.37. The number of nitrogens with one attached hydrogen (secondary N) is 1. The lowest BCUT2D eigenvalue weighted by atomic mass is 9.81. The molecule has 108 valence electrons. The summed E-state index contributed by atoms with van der Waals surface area (Å²) >= 11 is 5.18. The van der Waals surface area contributed by atoms with E-state index in [4.69, 9.17) is 22.7 Å². The van der Waals surface area contributed by atoms with Gasteiger partial charge in [0.05, 0.1) is 17.6 Å². The van der Waals surface area contributed by atoms with Crippen LogP contribution in [0.2, 0.25) is 0 Å². The predicted molar refractivity (Wildman–Crippen MR) is 83.1 cm³/mol. The number of nitrogens with two attached hydrogens (primary N) is 1. The monoisotopic (exact) mass is 292 g/mol. The quantitative estimate of drug-likeness (QED) is 0.837. The third-order valence-electron chi connectivity index (χ3n) is 3.88. The Morgan fingerprint density at radius 1 is 1.25 bits per heavy atom. The Balaban J connectivity index is 2.13. The predicted octanol–water partition coefficient (Wildman–Crippen LogP) is 2.41. The Bertz CT molecular complexity index is 493. The normalized spacial score (nSPS) is 17.2. The third kappa shape index (κ3) is 3.10. The molecule has 0 unspecified atom stereocenters. The molecule has 3 N–H and O–H groups in total. The standard InChI is InChI=1S/C15H20N2O2S/c1-19-12-7-5-11(6-8-12)13(18)17-15(14(16)20)9-3-2-4-10-15/h5-8H,2-4,9-10H2,1H3,(H2,16,20)(H,17,18). The minimum atomic E-state index is -0.523. The molecule has 1 aromatic carbocycles. The van der Waals surface area contributed by atoms with Gasteiger partial charge in [0, 0.05) is 5.56 Å². The first-order chi connectivity index (χ1) is 9.57. The first-order valence-electron chi connectivity index (χ1n) is 6.84. The Labute approximate surface area is 124 Å². The van der Waals surface area contributed by atoms with Gasteiger partial charge in [0.1, 0.15) is 5.75 Å². The van der Waals surface area contributed by atoms with E-state index in [-0.39, 0.29) is 5.91 Å². The molecule has 4 nitrogen and oxygen atoms in total. The summed E-state index contributed by atoms with van der Waals surface area (Å²) in [6, 6.07) is 7.01. The first-order valence-corrected chi connectivity index (χ1v) is 7.25. The summed E-state index contributed by atoms with van der Waals surface area (Å²) < 4.78 is 5.08. The van der Waals surface area contributed by atoms with Crippen LogP contribution in [0, 0.1) is 0 Å². The van der Waals surface area contributed by atoms with Gasteiger partial charge in [-0.15, -0.1) is 0 Å². The summed E-state index contributed by atoms with van der Waals surface area (Å²) in [7, 11) is 1.60. The van der Waals surface area contributed by atoms with Gasteiger partial charge in [0.25, 0.3) is 5.91 Å². The topological polar surface area (TPSA) is 64.3 Å². The van der Waals surface area contributed by atoms with Crippen LogP contribution in [0.4, 0.5) is 0 Å². The average Bonchev–Trinajstić information content (AvgIpc) is 2.48. The summed E-state index contributed by atoms with van der Waals surface area (Å²) in [5.41, 5.74) is 5.94. The number of rotatable bonds is 4. The highest BCUT2D eigenvalue weighted by Crippen LogP contribution is 2.29. The second-order valence-electron chi connectivity index (χ2n) is 5.19. The van der Waals surface area contributed by atoms with Crippen LogP contribution in [-0.4, -0.2) is 23.5 Å². The molecule has 1 aliphatic carbocycles. The molecule has 0 heterocycles. The number of thiocarbonyl (C=S) groups is 1. The number of carbonyl (C=O) groups is 1. The van der Waals surface area contributed by atoms with Crippen molar-refractivity contribution in [3.63, 3.8) is 0 Å². The number of carbonyl (C=O) groups excluding carboxylic acids is 1. The van der Waals surface area contributed by atoms with Gasteiger partial charge < -0.3 is 15.8 Å². The molecule has 2 rings (SSSR count). The first kappa shape index (κ1) is 14.8. The van der Waals surface area contributed by atoms with E-state index in [2.05, 4.69) is 5.32 Å². The summed E-state index contributed by atoms with van der Waals surface area (Å²) in [5, 5.41) is 3.04. The molecule has 0 bridgehead atoms. The van der Waals surface area contributed by atoms with Crippen molar-refractivity contribution < 1.29 is 9.53 Å². The van der Waals surface area contributed by atoms with Gasteiger partial charge >= 0.3 is 0 Å². The van der Waals surface area contributed by atoms with Crippen LogP contribution in [-0.2, 0) is 0 Å². The Kier molecular flexibility index (Phi) is 4.60. The minimum Gasteiger partial charge on any atom is -0.497 e. The smallest absolute Gasteiger partial charge is 0.252 e. The zero-order chi connectivity index (χ0) is 14.6. The molecule has 0 spiro atoms. The largest absolute Gasteiger partial charge is 0.497 e. The van der Waals surface area contributed by atoms with E-state index in [9.17, 15) is 4.79 Å². The maximum Gasteiger partial charge on any atom is 0.252 e. The molecule has 1 saturated carbocycles. The van der Waals surface area contributed by atoms with Crippen LogP contribution in [0.3, 0.4) is 0 Å². The van der Waals surface area contributed by atoms with E-state index >= 15 is 0 Å². The highest BCUT2D eigenvalue weighted by Gasteiger charge is 2.36. The molecule has 0 atom stereocenters. The van der Waals surface area contributed by atoms with E-state index in [1.807, 2.05) is 0 Å². The molecule has 0 aromatic heterocycles. The van der Waals surface area contributed by atoms with Crippen molar-refractivity contribution >= 4 is 23.1 Å². The van der Waals surface area contributed by atoms with E-state index < -0.39 is 5.54 Å². The van der Waals surface area contributed by atoms with Gasteiger partial charge in [-0.2, -0.15) is 0 Å². The second kappa shape index (κ2) is 6.22. The van der Waals surface area contributed by atoms with Crippen molar-refractivity contribution in [3.05, 3.63) is 29.8 Å². The summed E-state index contributed by atoms with van der Waals surface area (Å²) in [4.78, 5) is 12.7. The molecule has 20 heavy (non-hydrogen) atoms. The number of ether oxygens (including phenoxy) is 1. The fourth-order valence-electron chi connectivity index (χ4n) is 2.62. The van der Waals surface area contributed by atoms with Gasteiger partial charge in [-0.05, 0) is 37.1 Å². The summed E-state index contributed by atoms with van der Waals surface area (Å²) in [5.74, 6) is 0.589. The number of amides is 1. The van der Waals surface area contributed by atoms with E-state index in [0.717, 1.165) is 31.4 Å². The fourth-order valence-corrected chi connectivity index (χ4v) is 2.88. The molecular formula is C15H20N2O2S. The van der Waals surface area contributed by atoms with Gasteiger partial charge in [-0.1, -0.05) is 31.5 Å². The van der Waals surface area contributed by atoms with Gasteiger partial charge in [-0.25, -0.2) is 0 Å². The molecule has 1 fully saturated rings. The van der Waals surface area contributed by atoms with Gasteiger partial charge in [-0.3, -0.25) is 4.79 Å². The Morgan fingerprint density at radius 3 is 2.35 bits per heavy atom. The zero-order valence-corrected chi connectivity index (χ0v) is 12.5. The highest BCUT2D eigenvalue weighted by atomic mass is 32.1. The van der Waals surface area contributed by atoms with Gasteiger partial charge in [0.15, 0.2) is 0 Å². The van der Waals surface area contributed by atoms with Crippen LogP contribution < -0.4 is 15.8 Å². The van der Waals surface area contributed by atoms with E-state index in [0.29, 0.717) is 10.6 Å². The number of hydrogen-bond acceptors (Lipinski definition) is 3. The second-order valence-corrected chi connectivity index (χ2v) is 5.63. The van der Waals surface area contributed by atoms with Crippen LogP contribution >= 0.6 is 12.2 Å². The number of benzene rings is 1. The molecule has 1 aromatic rings. The van der Waals surface area contributed by atoms with E-state index in [1.165, 1.54) is 6.42 Å². The third-order valence-corrected chi connectivity index (χ3v) is 4.27. The van der Waals surface area contributed by atoms with Crippen molar-refractivity contribution in [3.8, 4) is 5.75 Å². The molecule has 1 aliphatic rings. The van der Waals surface area contributed by atoms with Gasteiger partial charge in [0.2, 0.25) is 0 Å². The van der Waals surface area contributed by atoms with Crippen LogP contribution in [0.1, 0.15) is 42.5 Å². The Hall–Kier alpha value is -1.62. The molecule has 1 amide bonds. The number of methoxy groups -OCH3 is 1. The molecule has 5 heteroatoms. The minimum absolute atomic E-state index is 0.137. The molecule has 0 saturated heterocycles. The van der Waals surface area contributed by atoms with Crippen molar-refractivity contribution in [2.45, 2.75) is 37.6 Å². The van der Waals surface area contributed by atoms with Crippen molar-refractivity contribution in [2.24, 2.45) is 5.73 Å². The molecular weight excluding hydrogens is 272 g/mol. The van der Waals surface area contributed by atoms with E-state index in [1.54, 1.807) is 31.4 Å². The van der Waals surface area contributed by atoms with Crippen LogP contribution in [0.5, 0.6) is 5.75 Å². The maximum absolute atomic E-state index is 12.4. The molecule has 0 radical (unpaired) electrons. The lowest BCUT2D eigenvalue weighted by molar-refractivity contribution is 0.0908. The summed E-state index contributed by atoms with van der Waals surface area (Å²) in [6.07, 6.45) is 4.90. The van der Waals surface area contributed by atoms with Crippen molar-refractivity contribution in [1.29, 1.82) is 0 Å². The fraction of sp³-hybridized carbons (Fsp3) is 0.467.